The largest absolute Gasteiger partial charge is 0.416 e. The number of nitrogens with zero attached hydrogens (tertiary/aromatic N) is 1. The van der Waals surface area contributed by atoms with Crippen LogP contribution in [0, 0.1) is 10.1 Å². The SMILES string of the molecule is CS(=O)(=O)Nc1c(Br)cc(C(F)(F)F)cc1[N+](=O)[O-]. The van der Waals surface area contributed by atoms with Gasteiger partial charge in [-0.3, -0.25) is 14.8 Å². The normalized spacial score (nSPS) is 12.3. The number of rotatable bonds is 3. The highest BCUT2D eigenvalue weighted by molar-refractivity contribution is 9.10. The summed E-state index contributed by atoms with van der Waals surface area (Å²) in [7, 11) is -3.87. The summed E-state index contributed by atoms with van der Waals surface area (Å²) in [6, 6.07) is 0.818. The molecule has 0 radical (unpaired) electrons. The molecule has 0 atom stereocenters. The first kappa shape index (κ1) is 15.7. The molecule has 0 saturated carbocycles. The van der Waals surface area contributed by atoms with Crippen molar-refractivity contribution in [1.82, 2.24) is 0 Å². The van der Waals surface area contributed by atoms with Gasteiger partial charge in [0.25, 0.3) is 5.69 Å². The summed E-state index contributed by atoms with van der Waals surface area (Å²) in [5, 5.41) is 10.7. The second kappa shape index (κ2) is 4.96. The van der Waals surface area contributed by atoms with Crippen LogP contribution in [0.1, 0.15) is 5.56 Å². The molecular weight excluding hydrogens is 357 g/mol. The van der Waals surface area contributed by atoms with E-state index in [1.54, 1.807) is 4.72 Å². The van der Waals surface area contributed by atoms with Crippen LogP contribution in [0.15, 0.2) is 16.6 Å². The third-order valence-corrected chi connectivity index (χ3v) is 3.08. The van der Waals surface area contributed by atoms with Gasteiger partial charge in [0.15, 0.2) is 0 Å². The lowest BCUT2D eigenvalue weighted by atomic mass is 10.1. The Morgan fingerprint density at radius 3 is 2.26 bits per heavy atom. The summed E-state index contributed by atoms with van der Waals surface area (Å²) in [6.45, 7) is 0. The fourth-order valence-corrected chi connectivity index (χ4v) is 2.45. The number of anilines is 1. The van der Waals surface area contributed by atoms with Gasteiger partial charge in [-0.05, 0) is 22.0 Å². The van der Waals surface area contributed by atoms with Gasteiger partial charge in [0.2, 0.25) is 10.0 Å². The van der Waals surface area contributed by atoms with Gasteiger partial charge in [0, 0.05) is 10.5 Å². The highest BCUT2D eigenvalue weighted by Gasteiger charge is 2.34. The van der Waals surface area contributed by atoms with Crippen LogP contribution in [-0.2, 0) is 16.2 Å². The zero-order valence-electron chi connectivity index (χ0n) is 9.16. The highest BCUT2D eigenvalue weighted by Crippen LogP contribution is 2.40. The number of halogens is 4. The van der Waals surface area contributed by atoms with Crippen molar-refractivity contribution in [3.05, 3.63) is 32.3 Å². The van der Waals surface area contributed by atoms with Gasteiger partial charge in [-0.2, -0.15) is 13.2 Å². The minimum absolute atomic E-state index is 0.262. The second-order valence-corrected chi connectivity index (χ2v) is 6.08. The van der Waals surface area contributed by atoms with Crippen LogP contribution in [0.4, 0.5) is 24.5 Å². The van der Waals surface area contributed by atoms with Crippen molar-refractivity contribution in [3.63, 3.8) is 0 Å². The Morgan fingerprint density at radius 1 is 1.37 bits per heavy atom. The number of nitro groups is 1. The molecule has 6 nitrogen and oxygen atoms in total. The summed E-state index contributed by atoms with van der Waals surface area (Å²) >= 11 is 2.68. The molecule has 0 saturated heterocycles. The van der Waals surface area contributed by atoms with Crippen LogP contribution in [-0.4, -0.2) is 19.6 Å². The van der Waals surface area contributed by atoms with Crippen LogP contribution in [0.5, 0.6) is 0 Å². The number of alkyl halides is 3. The predicted octanol–water partition coefficient (Wildman–Crippen LogP) is 2.75. The summed E-state index contributed by atoms with van der Waals surface area (Å²) in [5.41, 5.74) is -2.81. The Bertz CT molecular complexity index is 630. The number of sulfonamides is 1. The van der Waals surface area contributed by atoms with E-state index < -0.39 is 38.1 Å². The molecule has 0 amide bonds. The van der Waals surface area contributed by atoms with Crippen LogP contribution in [0.3, 0.4) is 0 Å². The maximum Gasteiger partial charge on any atom is 0.416 e. The van der Waals surface area contributed by atoms with Gasteiger partial charge < -0.3 is 0 Å². The zero-order valence-corrected chi connectivity index (χ0v) is 11.6. The zero-order chi connectivity index (χ0) is 15.0. The van der Waals surface area contributed by atoms with E-state index in [1.807, 2.05) is 0 Å². The maximum absolute atomic E-state index is 12.5. The minimum atomic E-state index is -4.78. The van der Waals surface area contributed by atoms with E-state index in [-0.39, 0.29) is 10.5 Å². The Hall–Kier alpha value is -1.36. The molecule has 0 bridgehead atoms. The Labute approximate surface area is 113 Å². The molecule has 1 aromatic rings. The third-order valence-electron chi connectivity index (χ3n) is 1.88. The molecule has 106 valence electrons. The highest BCUT2D eigenvalue weighted by atomic mass is 79.9. The minimum Gasteiger partial charge on any atom is -0.276 e. The molecule has 11 heteroatoms. The standard InChI is InChI=1S/C8H6BrF3N2O4S/c1-19(17,18)13-7-5(9)2-4(8(10,11)12)3-6(7)14(15)16/h2-3,13H,1H3. The van der Waals surface area contributed by atoms with E-state index in [2.05, 4.69) is 15.9 Å². The average Bonchev–Trinajstić information content (AvgIpc) is 2.16. The molecule has 1 rings (SSSR count). The predicted molar refractivity (Wildman–Crippen MR) is 64.3 cm³/mol. The second-order valence-electron chi connectivity index (χ2n) is 3.48. The first-order valence-corrected chi connectivity index (χ1v) is 7.13. The quantitative estimate of drug-likeness (QED) is 0.661. The number of nitro benzene ring substituents is 1. The first-order valence-electron chi connectivity index (χ1n) is 4.45. The van der Waals surface area contributed by atoms with Crippen LogP contribution in [0.2, 0.25) is 0 Å². The van der Waals surface area contributed by atoms with E-state index in [1.165, 1.54) is 0 Å². The van der Waals surface area contributed by atoms with Crippen LogP contribution >= 0.6 is 15.9 Å². The fraction of sp³-hybridized carbons (Fsp3) is 0.250. The van der Waals surface area contributed by atoms with Crippen molar-refractivity contribution in [2.24, 2.45) is 0 Å². The maximum atomic E-state index is 12.5. The van der Waals surface area contributed by atoms with Crippen molar-refractivity contribution in [3.8, 4) is 0 Å². The van der Waals surface area contributed by atoms with Crippen LogP contribution in [0.25, 0.3) is 0 Å². The molecule has 0 aliphatic rings. The molecule has 0 heterocycles. The number of hydrogen-bond donors (Lipinski definition) is 1. The Morgan fingerprint density at radius 2 is 1.89 bits per heavy atom. The van der Waals surface area contributed by atoms with Gasteiger partial charge in [0.1, 0.15) is 5.69 Å². The third kappa shape index (κ3) is 4.06. The van der Waals surface area contributed by atoms with Gasteiger partial charge in [-0.25, -0.2) is 8.42 Å². The first-order chi connectivity index (χ1) is 8.42. The summed E-state index contributed by atoms with van der Waals surface area (Å²) < 4.78 is 61.0. The van der Waals surface area contributed by atoms with E-state index >= 15 is 0 Å². The van der Waals surface area contributed by atoms with Crippen molar-refractivity contribution in [2.75, 3.05) is 11.0 Å². The molecule has 0 fully saturated rings. The van der Waals surface area contributed by atoms with Crippen molar-refractivity contribution < 1.29 is 26.5 Å². The molecule has 19 heavy (non-hydrogen) atoms. The van der Waals surface area contributed by atoms with Gasteiger partial charge in [0.05, 0.1) is 16.7 Å². The lowest BCUT2D eigenvalue weighted by Crippen LogP contribution is -2.13. The van der Waals surface area contributed by atoms with Crippen LogP contribution < -0.4 is 4.72 Å². The van der Waals surface area contributed by atoms with E-state index in [9.17, 15) is 31.7 Å². The summed E-state index contributed by atoms with van der Waals surface area (Å²) in [5.74, 6) is 0. The van der Waals surface area contributed by atoms with E-state index in [0.29, 0.717) is 6.07 Å². The van der Waals surface area contributed by atoms with Crippen molar-refractivity contribution >= 4 is 37.3 Å². The Balaban J connectivity index is 3.53. The molecule has 1 aromatic carbocycles. The topological polar surface area (TPSA) is 89.3 Å². The van der Waals surface area contributed by atoms with Crippen molar-refractivity contribution in [1.29, 1.82) is 0 Å². The molecule has 0 aliphatic heterocycles. The smallest absolute Gasteiger partial charge is 0.276 e. The van der Waals surface area contributed by atoms with Gasteiger partial charge in [-0.15, -0.1) is 0 Å². The molecule has 0 spiro atoms. The molecule has 1 N–H and O–H groups in total. The lowest BCUT2D eigenvalue weighted by Gasteiger charge is -2.11. The molecule has 0 aromatic heterocycles. The van der Waals surface area contributed by atoms with E-state index in [0.717, 1.165) is 6.26 Å². The van der Waals surface area contributed by atoms with Gasteiger partial charge in [-0.1, -0.05) is 0 Å². The number of hydrogen-bond acceptors (Lipinski definition) is 4. The lowest BCUT2D eigenvalue weighted by molar-refractivity contribution is -0.384. The monoisotopic (exact) mass is 362 g/mol. The fourth-order valence-electron chi connectivity index (χ4n) is 1.19. The number of benzene rings is 1. The summed E-state index contributed by atoms with van der Waals surface area (Å²) in [4.78, 5) is 9.62. The molecular formula is C8H6BrF3N2O4S. The van der Waals surface area contributed by atoms with Crippen molar-refractivity contribution in [2.45, 2.75) is 6.18 Å². The van der Waals surface area contributed by atoms with Gasteiger partial charge >= 0.3 is 6.18 Å². The summed E-state index contributed by atoms with van der Waals surface area (Å²) in [6.07, 6.45) is -4.06. The Kier molecular flexibility index (Phi) is 4.10. The average molecular weight is 363 g/mol. The number of nitrogens with one attached hydrogen (secondary N) is 1. The molecule has 0 aliphatic carbocycles. The molecule has 0 unspecified atom stereocenters. The van der Waals surface area contributed by atoms with E-state index in [4.69, 9.17) is 0 Å².